The number of methoxy groups -OCH3 is 1. The van der Waals surface area contributed by atoms with Gasteiger partial charge in [0.2, 0.25) is 0 Å². The van der Waals surface area contributed by atoms with E-state index < -0.39 is 0 Å². The summed E-state index contributed by atoms with van der Waals surface area (Å²) in [6.07, 6.45) is 3.55. The summed E-state index contributed by atoms with van der Waals surface area (Å²) in [5.41, 5.74) is 9.04. The number of ether oxygens (including phenoxy) is 1. The van der Waals surface area contributed by atoms with Gasteiger partial charge in [-0.15, -0.1) is 5.10 Å². The molecule has 0 saturated heterocycles. The minimum absolute atomic E-state index is 0.597. The first-order valence-corrected chi connectivity index (χ1v) is 6.51. The molecule has 0 radical (unpaired) electrons. The van der Waals surface area contributed by atoms with Gasteiger partial charge < -0.3 is 10.5 Å². The molecule has 0 bridgehead atoms. The quantitative estimate of drug-likeness (QED) is 0.852. The highest BCUT2D eigenvalue weighted by Crippen LogP contribution is 2.21. The summed E-state index contributed by atoms with van der Waals surface area (Å²) in [6, 6.07) is 6.25. The molecule has 2 rings (SSSR count). The van der Waals surface area contributed by atoms with Crippen molar-refractivity contribution in [3.63, 3.8) is 0 Å². The second-order valence-corrected chi connectivity index (χ2v) is 4.42. The molecule has 0 fully saturated rings. The van der Waals surface area contributed by atoms with Gasteiger partial charge in [0, 0.05) is 12.0 Å². The zero-order chi connectivity index (χ0) is 13.7. The second-order valence-electron chi connectivity index (χ2n) is 4.42. The second kappa shape index (κ2) is 6.33. The van der Waals surface area contributed by atoms with Crippen molar-refractivity contribution in [3.05, 3.63) is 41.2 Å². The molecule has 1 heterocycles. The topological polar surface area (TPSA) is 66.0 Å². The van der Waals surface area contributed by atoms with Crippen LogP contribution in [-0.2, 0) is 19.4 Å². The molecule has 0 aliphatic heterocycles. The van der Waals surface area contributed by atoms with Crippen LogP contribution in [-0.4, -0.2) is 28.6 Å². The highest BCUT2D eigenvalue weighted by Gasteiger charge is 2.09. The molecule has 1 aromatic heterocycles. The van der Waals surface area contributed by atoms with Gasteiger partial charge in [-0.2, -0.15) is 0 Å². The molecule has 102 valence electrons. The van der Waals surface area contributed by atoms with E-state index in [2.05, 4.69) is 29.4 Å². The molecule has 1 aromatic carbocycles. The van der Waals surface area contributed by atoms with Crippen LogP contribution >= 0.6 is 0 Å². The number of hydrogen-bond acceptors (Lipinski definition) is 4. The molecule has 0 amide bonds. The minimum Gasteiger partial charge on any atom is -0.496 e. The fraction of sp³-hybridized carbons (Fsp3) is 0.429. The van der Waals surface area contributed by atoms with Crippen molar-refractivity contribution in [3.8, 4) is 5.75 Å². The van der Waals surface area contributed by atoms with Gasteiger partial charge >= 0.3 is 0 Å². The summed E-state index contributed by atoms with van der Waals surface area (Å²) >= 11 is 0. The van der Waals surface area contributed by atoms with E-state index in [0.717, 1.165) is 29.8 Å². The van der Waals surface area contributed by atoms with Crippen molar-refractivity contribution in [2.24, 2.45) is 5.73 Å². The van der Waals surface area contributed by atoms with Crippen molar-refractivity contribution in [2.45, 2.75) is 26.3 Å². The molecular weight excluding hydrogens is 240 g/mol. The van der Waals surface area contributed by atoms with Gasteiger partial charge in [0.15, 0.2) is 0 Å². The number of hydrogen-bond donors (Lipinski definition) is 1. The van der Waals surface area contributed by atoms with E-state index in [1.807, 2.05) is 10.7 Å². The zero-order valence-corrected chi connectivity index (χ0v) is 11.5. The Bertz CT molecular complexity index is 536. The number of aryl methyl sites for hydroxylation is 1. The van der Waals surface area contributed by atoms with Crippen LogP contribution in [0.5, 0.6) is 5.75 Å². The average molecular weight is 260 g/mol. The van der Waals surface area contributed by atoms with E-state index in [0.29, 0.717) is 13.1 Å². The summed E-state index contributed by atoms with van der Waals surface area (Å²) in [7, 11) is 1.69. The molecule has 0 aliphatic rings. The van der Waals surface area contributed by atoms with Gasteiger partial charge in [-0.3, -0.25) is 0 Å². The molecular formula is C14H20N4O. The SMILES string of the molecule is CCc1ccc(OC)c(Cn2nncc2CCN)c1. The first-order chi connectivity index (χ1) is 9.28. The van der Waals surface area contributed by atoms with Crippen LogP contribution in [0.15, 0.2) is 24.4 Å². The molecule has 5 heteroatoms. The molecule has 5 nitrogen and oxygen atoms in total. The number of nitrogens with two attached hydrogens (primary N) is 1. The zero-order valence-electron chi connectivity index (χ0n) is 11.5. The van der Waals surface area contributed by atoms with Gasteiger partial charge in [0.1, 0.15) is 5.75 Å². The summed E-state index contributed by atoms with van der Waals surface area (Å²) in [5.74, 6) is 0.881. The largest absolute Gasteiger partial charge is 0.496 e. The molecule has 19 heavy (non-hydrogen) atoms. The standard InChI is InChI=1S/C14H20N4O/c1-3-11-4-5-14(19-2)12(8-11)10-18-13(6-7-15)9-16-17-18/h4-5,8-9H,3,6-7,10,15H2,1-2H3. The Morgan fingerprint density at radius 3 is 2.89 bits per heavy atom. The van der Waals surface area contributed by atoms with Crippen LogP contribution in [0.25, 0.3) is 0 Å². The minimum atomic E-state index is 0.597. The lowest BCUT2D eigenvalue weighted by Gasteiger charge is -2.11. The Hall–Kier alpha value is -1.88. The fourth-order valence-corrected chi connectivity index (χ4v) is 2.09. The van der Waals surface area contributed by atoms with Crippen LogP contribution in [0.3, 0.4) is 0 Å². The number of aromatic nitrogens is 3. The predicted octanol–water partition coefficient (Wildman–Crippen LogP) is 1.40. The third kappa shape index (κ3) is 3.12. The van der Waals surface area contributed by atoms with Gasteiger partial charge in [-0.1, -0.05) is 24.3 Å². The Morgan fingerprint density at radius 2 is 2.21 bits per heavy atom. The lowest BCUT2D eigenvalue weighted by molar-refractivity contribution is 0.406. The van der Waals surface area contributed by atoms with Crippen LogP contribution in [0.1, 0.15) is 23.7 Å². The maximum absolute atomic E-state index is 5.59. The van der Waals surface area contributed by atoms with Crippen molar-refractivity contribution < 1.29 is 4.74 Å². The Balaban J connectivity index is 2.28. The van der Waals surface area contributed by atoms with Crippen molar-refractivity contribution in [1.82, 2.24) is 15.0 Å². The predicted molar refractivity (Wildman–Crippen MR) is 74.3 cm³/mol. The van der Waals surface area contributed by atoms with Crippen LogP contribution in [0, 0.1) is 0 Å². The van der Waals surface area contributed by atoms with E-state index in [1.165, 1.54) is 5.56 Å². The maximum Gasteiger partial charge on any atom is 0.123 e. The summed E-state index contributed by atoms with van der Waals surface area (Å²) in [5, 5.41) is 8.07. The lowest BCUT2D eigenvalue weighted by Crippen LogP contribution is -2.11. The fourth-order valence-electron chi connectivity index (χ4n) is 2.09. The molecule has 0 atom stereocenters. The van der Waals surface area contributed by atoms with Crippen molar-refractivity contribution in [1.29, 1.82) is 0 Å². The van der Waals surface area contributed by atoms with Crippen molar-refractivity contribution >= 4 is 0 Å². The summed E-state index contributed by atoms with van der Waals surface area (Å²) < 4.78 is 7.29. The monoisotopic (exact) mass is 260 g/mol. The first kappa shape index (κ1) is 13.5. The molecule has 0 aliphatic carbocycles. The van der Waals surface area contributed by atoms with Crippen LogP contribution in [0.2, 0.25) is 0 Å². The Morgan fingerprint density at radius 1 is 1.37 bits per heavy atom. The number of nitrogens with zero attached hydrogens (tertiary/aromatic N) is 3. The number of rotatable bonds is 6. The highest BCUT2D eigenvalue weighted by atomic mass is 16.5. The smallest absolute Gasteiger partial charge is 0.123 e. The summed E-state index contributed by atoms with van der Waals surface area (Å²) in [4.78, 5) is 0. The Labute approximate surface area is 113 Å². The van der Waals surface area contributed by atoms with E-state index in [4.69, 9.17) is 10.5 Å². The van der Waals surface area contributed by atoms with Crippen LogP contribution < -0.4 is 10.5 Å². The van der Waals surface area contributed by atoms with Gasteiger partial charge in [-0.05, 0) is 24.6 Å². The Kier molecular flexibility index (Phi) is 4.52. The average Bonchev–Trinajstić information content (AvgIpc) is 2.86. The first-order valence-electron chi connectivity index (χ1n) is 6.51. The molecule has 2 aromatic rings. The van der Waals surface area contributed by atoms with E-state index >= 15 is 0 Å². The van der Waals surface area contributed by atoms with Gasteiger partial charge in [0.05, 0.1) is 25.5 Å². The maximum atomic E-state index is 5.59. The van der Waals surface area contributed by atoms with E-state index in [1.54, 1.807) is 13.3 Å². The molecule has 2 N–H and O–H groups in total. The molecule has 0 unspecified atom stereocenters. The van der Waals surface area contributed by atoms with E-state index in [9.17, 15) is 0 Å². The summed E-state index contributed by atoms with van der Waals surface area (Å²) in [6.45, 7) is 3.40. The van der Waals surface area contributed by atoms with E-state index in [-0.39, 0.29) is 0 Å². The molecule has 0 saturated carbocycles. The highest BCUT2D eigenvalue weighted by molar-refractivity contribution is 5.37. The third-order valence-electron chi connectivity index (χ3n) is 3.17. The van der Waals surface area contributed by atoms with Crippen molar-refractivity contribution in [2.75, 3.05) is 13.7 Å². The van der Waals surface area contributed by atoms with Gasteiger partial charge in [-0.25, -0.2) is 4.68 Å². The lowest BCUT2D eigenvalue weighted by atomic mass is 10.1. The third-order valence-corrected chi connectivity index (χ3v) is 3.17. The number of benzene rings is 1. The van der Waals surface area contributed by atoms with Gasteiger partial charge in [0.25, 0.3) is 0 Å². The molecule has 0 spiro atoms. The van der Waals surface area contributed by atoms with Crippen LogP contribution in [0.4, 0.5) is 0 Å². The normalized spacial score (nSPS) is 10.7.